The Labute approximate surface area is 104 Å². The molecule has 98 valence electrons. The monoisotopic (exact) mass is 239 g/mol. The van der Waals surface area contributed by atoms with E-state index in [1.165, 1.54) is 6.42 Å². The van der Waals surface area contributed by atoms with Gasteiger partial charge in [-0.05, 0) is 31.1 Å². The summed E-state index contributed by atoms with van der Waals surface area (Å²) in [6, 6.07) is 0.469. The van der Waals surface area contributed by atoms with E-state index in [0.717, 1.165) is 32.5 Å². The molecular weight excluding hydrogens is 214 g/mol. The molecule has 2 aliphatic rings. The molecule has 0 saturated carbocycles. The van der Waals surface area contributed by atoms with Gasteiger partial charge >= 0.3 is 6.03 Å². The molecule has 0 aliphatic carbocycles. The Balaban J connectivity index is 1.99. The minimum absolute atomic E-state index is 0.219. The van der Waals surface area contributed by atoms with E-state index in [1.54, 1.807) is 0 Å². The van der Waals surface area contributed by atoms with E-state index < -0.39 is 0 Å². The van der Waals surface area contributed by atoms with Crippen LogP contribution >= 0.6 is 0 Å². The Morgan fingerprint density at radius 1 is 1.29 bits per heavy atom. The first-order valence-corrected chi connectivity index (χ1v) is 6.89. The molecule has 0 spiro atoms. The fourth-order valence-electron chi connectivity index (χ4n) is 3.15. The lowest BCUT2D eigenvalue weighted by molar-refractivity contribution is 0.125. The molecule has 2 aliphatic heterocycles. The van der Waals surface area contributed by atoms with Crippen molar-refractivity contribution in [1.82, 2.24) is 9.80 Å². The van der Waals surface area contributed by atoms with Gasteiger partial charge in [0.1, 0.15) is 0 Å². The van der Waals surface area contributed by atoms with Crippen LogP contribution in [0.4, 0.5) is 4.79 Å². The van der Waals surface area contributed by atoms with Crippen LogP contribution in [0.3, 0.4) is 0 Å². The number of carbonyl (C=O) groups excluding carboxylic acids is 1. The molecule has 2 saturated heterocycles. The van der Waals surface area contributed by atoms with Crippen molar-refractivity contribution in [2.45, 2.75) is 39.2 Å². The summed E-state index contributed by atoms with van der Waals surface area (Å²) in [5.74, 6) is 1.19. The van der Waals surface area contributed by atoms with Crippen molar-refractivity contribution in [3.05, 3.63) is 0 Å². The van der Waals surface area contributed by atoms with E-state index in [9.17, 15) is 4.79 Å². The van der Waals surface area contributed by atoms with Crippen LogP contribution in [0.25, 0.3) is 0 Å². The fourth-order valence-corrected chi connectivity index (χ4v) is 3.15. The summed E-state index contributed by atoms with van der Waals surface area (Å²) < 4.78 is 0. The van der Waals surface area contributed by atoms with Crippen molar-refractivity contribution in [3.63, 3.8) is 0 Å². The Kier molecular flexibility index (Phi) is 3.92. The third-order valence-electron chi connectivity index (χ3n) is 4.30. The molecule has 4 nitrogen and oxygen atoms in total. The van der Waals surface area contributed by atoms with E-state index in [2.05, 4.69) is 13.8 Å². The number of urea groups is 1. The minimum Gasteiger partial charge on any atom is -0.328 e. The number of hydrogen-bond donors (Lipinski definition) is 1. The standard InChI is InChI=1S/C13H25N3O/c1-10-4-3-6-15(9-10)13(17)16-7-5-11(2)12(16)8-14/h10-12H,3-9,14H2,1-2H3. The molecule has 4 heteroatoms. The van der Waals surface area contributed by atoms with Crippen molar-refractivity contribution < 1.29 is 4.79 Å². The summed E-state index contributed by atoms with van der Waals surface area (Å²) >= 11 is 0. The number of likely N-dealkylation sites (tertiary alicyclic amines) is 2. The zero-order chi connectivity index (χ0) is 12.4. The number of nitrogens with two attached hydrogens (primary N) is 1. The van der Waals surface area contributed by atoms with Crippen molar-refractivity contribution in [2.24, 2.45) is 17.6 Å². The van der Waals surface area contributed by atoms with Crippen molar-refractivity contribution in [1.29, 1.82) is 0 Å². The Hall–Kier alpha value is -0.770. The van der Waals surface area contributed by atoms with Gasteiger partial charge in [-0.15, -0.1) is 0 Å². The van der Waals surface area contributed by atoms with Crippen molar-refractivity contribution >= 4 is 6.03 Å². The molecule has 3 unspecified atom stereocenters. The van der Waals surface area contributed by atoms with Crippen molar-refractivity contribution in [2.75, 3.05) is 26.2 Å². The van der Waals surface area contributed by atoms with Crippen LogP contribution in [-0.4, -0.2) is 48.1 Å². The van der Waals surface area contributed by atoms with Gasteiger partial charge in [0.05, 0.1) is 0 Å². The molecule has 0 radical (unpaired) electrons. The Bertz CT molecular complexity index is 282. The lowest BCUT2D eigenvalue weighted by Gasteiger charge is -2.36. The Morgan fingerprint density at radius 3 is 2.71 bits per heavy atom. The van der Waals surface area contributed by atoms with Crippen LogP contribution < -0.4 is 5.73 Å². The molecule has 17 heavy (non-hydrogen) atoms. The first kappa shape index (κ1) is 12.7. The van der Waals surface area contributed by atoms with E-state index in [4.69, 9.17) is 5.73 Å². The largest absolute Gasteiger partial charge is 0.328 e. The highest BCUT2D eigenvalue weighted by Gasteiger charge is 2.36. The molecule has 2 N–H and O–H groups in total. The molecule has 0 aromatic carbocycles. The van der Waals surface area contributed by atoms with Gasteiger partial charge in [0, 0.05) is 32.2 Å². The van der Waals surface area contributed by atoms with Gasteiger partial charge in [0.15, 0.2) is 0 Å². The molecule has 0 aromatic heterocycles. The molecule has 2 fully saturated rings. The second-order valence-corrected chi connectivity index (χ2v) is 5.74. The second-order valence-electron chi connectivity index (χ2n) is 5.74. The quantitative estimate of drug-likeness (QED) is 0.754. The maximum Gasteiger partial charge on any atom is 0.320 e. The zero-order valence-corrected chi connectivity index (χ0v) is 11.1. The summed E-state index contributed by atoms with van der Waals surface area (Å²) in [4.78, 5) is 16.5. The SMILES string of the molecule is CC1CCCN(C(=O)N2CCC(C)C2CN)C1. The summed E-state index contributed by atoms with van der Waals surface area (Å²) in [5, 5.41) is 0. The van der Waals surface area contributed by atoms with Gasteiger partial charge < -0.3 is 15.5 Å². The number of amides is 2. The van der Waals surface area contributed by atoms with Crippen LogP contribution in [0.2, 0.25) is 0 Å². The average Bonchev–Trinajstić information content (AvgIpc) is 2.69. The Morgan fingerprint density at radius 2 is 2.06 bits per heavy atom. The van der Waals surface area contributed by atoms with Gasteiger partial charge in [-0.1, -0.05) is 13.8 Å². The predicted octanol–water partition coefficient (Wildman–Crippen LogP) is 1.51. The summed E-state index contributed by atoms with van der Waals surface area (Å²) in [5.41, 5.74) is 5.80. The van der Waals surface area contributed by atoms with E-state index >= 15 is 0 Å². The highest BCUT2D eigenvalue weighted by Crippen LogP contribution is 2.26. The third kappa shape index (κ3) is 2.57. The highest BCUT2D eigenvalue weighted by molar-refractivity contribution is 5.75. The second kappa shape index (κ2) is 5.25. The number of piperidine rings is 1. The topological polar surface area (TPSA) is 49.6 Å². The summed E-state index contributed by atoms with van der Waals surface area (Å²) in [7, 11) is 0. The average molecular weight is 239 g/mol. The molecule has 2 rings (SSSR count). The van der Waals surface area contributed by atoms with E-state index in [-0.39, 0.29) is 12.1 Å². The lowest BCUT2D eigenvalue weighted by atomic mass is 10.0. The molecule has 2 heterocycles. The number of nitrogens with zero attached hydrogens (tertiary/aromatic N) is 2. The van der Waals surface area contributed by atoms with Gasteiger partial charge in [-0.2, -0.15) is 0 Å². The minimum atomic E-state index is 0.219. The van der Waals surface area contributed by atoms with Crippen LogP contribution in [0.15, 0.2) is 0 Å². The molecule has 0 bridgehead atoms. The number of carbonyl (C=O) groups is 1. The maximum atomic E-state index is 12.5. The van der Waals surface area contributed by atoms with Crippen LogP contribution in [-0.2, 0) is 0 Å². The molecular formula is C13H25N3O. The highest BCUT2D eigenvalue weighted by atomic mass is 16.2. The maximum absolute atomic E-state index is 12.5. The fraction of sp³-hybridized carbons (Fsp3) is 0.923. The summed E-state index contributed by atoms with van der Waals surface area (Å²) in [6.07, 6.45) is 3.49. The first-order chi connectivity index (χ1) is 8.13. The van der Waals surface area contributed by atoms with Gasteiger partial charge in [0.25, 0.3) is 0 Å². The van der Waals surface area contributed by atoms with Crippen LogP contribution in [0.5, 0.6) is 0 Å². The third-order valence-corrected chi connectivity index (χ3v) is 4.30. The van der Waals surface area contributed by atoms with E-state index in [1.807, 2.05) is 9.80 Å². The lowest BCUT2D eigenvalue weighted by Crippen LogP contribution is -2.51. The smallest absolute Gasteiger partial charge is 0.320 e. The van der Waals surface area contributed by atoms with Crippen LogP contribution in [0, 0.1) is 11.8 Å². The van der Waals surface area contributed by atoms with Gasteiger partial charge in [-0.25, -0.2) is 4.79 Å². The van der Waals surface area contributed by atoms with Crippen molar-refractivity contribution in [3.8, 4) is 0 Å². The summed E-state index contributed by atoms with van der Waals surface area (Å²) in [6.45, 7) is 7.74. The number of hydrogen-bond acceptors (Lipinski definition) is 2. The van der Waals surface area contributed by atoms with Crippen LogP contribution in [0.1, 0.15) is 33.1 Å². The molecule has 0 aromatic rings. The molecule has 2 amide bonds. The zero-order valence-electron chi connectivity index (χ0n) is 11.1. The van der Waals surface area contributed by atoms with Gasteiger partial charge in [-0.3, -0.25) is 0 Å². The first-order valence-electron chi connectivity index (χ1n) is 6.89. The molecule has 3 atom stereocenters. The normalized spacial score (nSPS) is 34.2. The van der Waals surface area contributed by atoms with Gasteiger partial charge in [0.2, 0.25) is 0 Å². The predicted molar refractivity (Wildman–Crippen MR) is 68.7 cm³/mol. The van der Waals surface area contributed by atoms with E-state index in [0.29, 0.717) is 18.4 Å². The number of rotatable bonds is 1.